The smallest absolute Gasteiger partial charge is 0.252 e. The summed E-state index contributed by atoms with van der Waals surface area (Å²) in [5.41, 5.74) is 0.608. The van der Waals surface area contributed by atoms with Gasteiger partial charge in [-0.2, -0.15) is 0 Å². The van der Waals surface area contributed by atoms with E-state index in [9.17, 15) is 9.90 Å². The van der Waals surface area contributed by atoms with Crippen molar-refractivity contribution < 1.29 is 9.90 Å². The van der Waals surface area contributed by atoms with Gasteiger partial charge in [0.1, 0.15) is 0 Å². The van der Waals surface area contributed by atoms with Gasteiger partial charge >= 0.3 is 0 Å². The summed E-state index contributed by atoms with van der Waals surface area (Å²) in [6.07, 6.45) is 4.12. The molecular formula is C14H18BrNO2. The van der Waals surface area contributed by atoms with Gasteiger partial charge in [0.15, 0.2) is 0 Å². The molecule has 0 aromatic heterocycles. The van der Waals surface area contributed by atoms with Gasteiger partial charge in [-0.3, -0.25) is 4.79 Å². The summed E-state index contributed by atoms with van der Waals surface area (Å²) in [5, 5.41) is 12.8. The Bertz CT molecular complexity index is 416. The normalized spacial score (nSPS) is 17.7. The summed E-state index contributed by atoms with van der Waals surface area (Å²) in [6.45, 7) is 0.338. The minimum Gasteiger partial charge on any atom is -0.391 e. The topological polar surface area (TPSA) is 49.3 Å². The Morgan fingerprint density at radius 2 is 2.06 bits per heavy atom. The number of hydrogen-bond acceptors (Lipinski definition) is 2. The Morgan fingerprint density at radius 3 is 2.72 bits per heavy atom. The minimum absolute atomic E-state index is 0.139. The molecule has 2 N–H and O–H groups in total. The molecule has 1 aromatic carbocycles. The van der Waals surface area contributed by atoms with Crippen LogP contribution in [-0.4, -0.2) is 23.7 Å². The van der Waals surface area contributed by atoms with Gasteiger partial charge in [-0.15, -0.1) is 0 Å². The number of halogens is 1. The van der Waals surface area contributed by atoms with Crippen LogP contribution >= 0.6 is 15.9 Å². The molecule has 0 heterocycles. The molecule has 1 amide bonds. The second kappa shape index (κ2) is 6.34. The van der Waals surface area contributed by atoms with Crippen LogP contribution in [0.15, 0.2) is 28.7 Å². The van der Waals surface area contributed by atoms with Crippen LogP contribution in [0, 0.1) is 5.92 Å². The quantitative estimate of drug-likeness (QED) is 0.898. The minimum atomic E-state index is -0.418. The van der Waals surface area contributed by atoms with Crippen LogP contribution in [0.1, 0.15) is 36.0 Å². The Hall–Kier alpha value is -0.870. The van der Waals surface area contributed by atoms with Gasteiger partial charge in [-0.25, -0.2) is 0 Å². The standard InChI is InChI=1S/C14H18BrNO2/c15-12-8-4-3-7-11(12)14(18)16-9-13(17)10-5-1-2-6-10/h3-4,7-8,10,13,17H,1-2,5-6,9H2,(H,16,18). The molecule has 1 atom stereocenters. The summed E-state index contributed by atoms with van der Waals surface area (Å²) < 4.78 is 0.776. The number of hydrogen-bond donors (Lipinski definition) is 2. The van der Waals surface area contributed by atoms with Crippen LogP contribution in [0.3, 0.4) is 0 Å². The molecule has 0 saturated heterocycles. The number of benzene rings is 1. The van der Waals surface area contributed by atoms with Gasteiger partial charge in [0.05, 0.1) is 11.7 Å². The first-order valence-corrected chi connectivity index (χ1v) is 7.18. The zero-order chi connectivity index (χ0) is 13.0. The number of carbonyl (C=O) groups is 1. The largest absolute Gasteiger partial charge is 0.391 e. The van der Waals surface area contributed by atoms with Gasteiger partial charge in [0.2, 0.25) is 0 Å². The average molecular weight is 312 g/mol. The van der Waals surface area contributed by atoms with Crippen LogP contribution in [0.5, 0.6) is 0 Å². The van der Waals surface area contributed by atoms with E-state index in [1.165, 1.54) is 12.8 Å². The van der Waals surface area contributed by atoms with Gasteiger partial charge in [0.25, 0.3) is 5.91 Å². The van der Waals surface area contributed by atoms with Gasteiger partial charge < -0.3 is 10.4 Å². The molecule has 1 aliphatic carbocycles. The fourth-order valence-corrected chi connectivity index (χ4v) is 2.91. The SMILES string of the molecule is O=C(NCC(O)C1CCCC1)c1ccccc1Br. The van der Waals surface area contributed by atoms with Crippen molar-refractivity contribution in [3.8, 4) is 0 Å². The van der Waals surface area contributed by atoms with Crippen molar-refractivity contribution in [2.24, 2.45) is 5.92 Å². The Kier molecular flexibility index (Phi) is 4.78. The van der Waals surface area contributed by atoms with Crippen LogP contribution in [0.4, 0.5) is 0 Å². The first kappa shape index (κ1) is 13.6. The highest BCUT2D eigenvalue weighted by Crippen LogP contribution is 2.27. The van der Waals surface area contributed by atoms with Crippen molar-refractivity contribution in [1.29, 1.82) is 0 Å². The third-order valence-electron chi connectivity index (χ3n) is 3.53. The van der Waals surface area contributed by atoms with Crippen molar-refractivity contribution in [3.63, 3.8) is 0 Å². The van der Waals surface area contributed by atoms with Crippen molar-refractivity contribution in [2.75, 3.05) is 6.54 Å². The summed E-state index contributed by atoms with van der Waals surface area (Å²) >= 11 is 3.35. The fourth-order valence-electron chi connectivity index (χ4n) is 2.45. The molecule has 0 bridgehead atoms. The lowest BCUT2D eigenvalue weighted by Crippen LogP contribution is -2.35. The monoisotopic (exact) mass is 311 g/mol. The number of carbonyl (C=O) groups excluding carboxylic acids is 1. The molecular weight excluding hydrogens is 294 g/mol. The number of aliphatic hydroxyl groups excluding tert-OH is 1. The summed E-state index contributed by atoms with van der Waals surface area (Å²) in [4.78, 5) is 11.9. The summed E-state index contributed by atoms with van der Waals surface area (Å²) in [7, 11) is 0. The Morgan fingerprint density at radius 1 is 1.39 bits per heavy atom. The van der Waals surface area contributed by atoms with Crippen LogP contribution < -0.4 is 5.32 Å². The second-order valence-electron chi connectivity index (χ2n) is 4.80. The highest BCUT2D eigenvalue weighted by Gasteiger charge is 2.23. The Labute approximate surface area is 116 Å². The van der Waals surface area contributed by atoms with Gasteiger partial charge in [0, 0.05) is 11.0 Å². The number of nitrogens with one attached hydrogen (secondary N) is 1. The number of amides is 1. The average Bonchev–Trinajstić information content (AvgIpc) is 2.90. The van der Waals surface area contributed by atoms with E-state index in [4.69, 9.17) is 0 Å². The lowest BCUT2D eigenvalue weighted by molar-refractivity contribution is 0.0840. The first-order chi connectivity index (χ1) is 8.68. The third-order valence-corrected chi connectivity index (χ3v) is 4.23. The molecule has 0 radical (unpaired) electrons. The highest BCUT2D eigenvalue weighted by atomic mass is 79.9. The van der Waals surface area contributed by atoms with Crippen LogP contribution in [0.2, 0.25) is 0 Å². The molecule has 2 rings (SSSR count). The van der Waals surface area contributed by atoms with E-state index in [-0.39, 0.29) is 5.91 Å². The predicted molar refractivity (Wildman–Crippen MR) is 74.4 cm³/mol. The first-order valence-electron chi connectivity index (χ1n) is 6.39. The molecule has 1 aromatic rings. The Balaban J connectivity index is 1.86. The fraction of sp³-hybridized carbons (Fsp3) is 0.500. The molecule has 98 valence electrons. The molecule has 0 spiro atoms. The molecule has 0 aliphatic heterocycles. The van der Waals surface area contributed by atoms with Crippen molar-refractivity contribution >= 4 is 21.8 Å². The second-order valence-corrected chi connectivity index (χ2v) is 5.66. The molecule has 1 fully saturated rings. The lowest BCUT2D eigenvalue weighted by atomic mass is 10.0. The molecule has 1 saturated carbocycles. The van der Waals surface area contributed by atoms with Crippen LogP contribution in [-0.2, 0) is 0 Å². The summed E-state index contributed by atoms with van der Waals surface area (Å²) in [6, 6.07) is 7.30. The van der Waals surface area contributed by atoms with Gasteiger partial charge in [-0.1, -0.05) is 25.0 Å². The lowest BCUT2D eigenvalue weighted by Gasteiger charge is -2.18. The maximum atomic E-state index is 11.9. The maximum absolute atomic E-state index is 11.9. The van der Waals surface area contributed by atoms with Crippen molar-refractivity contribution in [3.05, 3.63) is 34.3 Å². The zero-order valence-corrected chi connectivity index (χ0v) is 11.8. The van der Waals surface area contributed by atoms with Crippen molar-refractivity contribution in [2.45, 2.75) is 31.8 Å². The third kappa shape index (κ3) is 3.33. The van der Waals surface area contributed by atoms with Crippen LogP contribution in [0.25, 0.3) is 0 Å². The van der Waals surface area contributed by atoms with E-state index in [0.29, 0.717) is 18.0 Å². The van der Waals surface area contributed by atoms with Gasteiger partial charge in [-0.05, 0) is 46.8 Å². The number of aliphatic hydroxyl groups is 1. The zero-order valence-electron chi connectivity index (χ0n) is 10.2. The number of rotatable bonds is 4. The van der Waals surface area contributed by atoms with E-state index < -0.39 is 6.10 Å². The van der Waals surface area contributed by atoms with Crippen molar-refractivity contribution in [1.82, 2.24) is 5.32 Å². The highest BCUT2D eigenvalue weighted by molar-refractivity contribution is 9.10. The molecule has 3 nitrogen and oxygen atoms in total. The molecule has 4 heteroatoms. The summed E-state index contributed by atoms with van der Waals surface area (Å²) in [5.74, 6) is 0.212. The van der Waals surface area contributed by atoms with E-state index >= 15 is 0 Å². The molecule has 1 aliphatic rings. The molecule has 1 unspecified atom stereocenters. The predicted octanol–water partition coefficient (Wildman–Crippen LogP) is 2.73. The van der Waals surface area contributed by atoms with E-state index in [1.807, 2.05) is 18.2 Å². The van der Waals surface area contributed by atoms with E-state index in [0.717, 1.165) is 17.3 Å². The van der Waals surface area contributed by atoms with E-state index in [1.54, 1.807) is 6.07 Å². The molecule has 18 heavy (non-hydrogen) atoms. The van der Waals surface area contributed by atoms with E-state index in [2.05, 4.69) is 21.2 Å². The maximum Gasteiger partial charge on any atom is 0.252 e.